The minimum absolute atomic E-state index is 0.00181. The summed E-state index contributed by atoms with van der Waals surface area (Å²) in [6.07, 6.45) is -2.07. The standard InChI is InChI=1S/C22H28F6/c23-21(24,25)19(15-8-3-1-4-9-15)17-12-7-13-18(14-17)20(22(26,27)28)16-10-5-2-6-11-16/h7,12-16,19-20H,1-6,8-11H2. The van der Waals surface area contributed by atoms with Crippen LogP contribution in [0.15, 0.2) is 24.3 Å². The van der Waals surface area contributed by atoms with Gasteiger partial charge in [0.1, 0.15) is 0 Å². The van der Waals surface area contributed by atoms with Crippen LogP contribution in [0.25, 0.3) is 0 Å². The molecule has 6 heteroatoms. The first-order chi connectivity index (χ1) is 13.2. The van der Waals surface area contributed by atoms with Crippen molar-refractivity contribution in [3.05, 3.63) is 35.4 Å². The largest absolute Gasteiger partial charge is 0.396 e. The molecule has 0 saturated heterocycles. The zero-order chi connectivity index (χ0) is 20.4. The lowest BCUT2D eigenvalue weighted by Gasteiger charge is -2.34. The first-order valence-electron chi connectivity index (χ1n) is 10.4. The number of benzene rings is 1. The third-order valence-electron chi connectivity index (χ3n) is 6.58. The molecule has 0 N–H and O–H groups in total. The molecule has 1 aromatic carbocycles. The molecule has 0 aliphatic heterocycles. The molecule has 3 rings (SSSR count). The molecule has 2 aliphatic rings. The Kier molecular flexibility index (Phi) is 6.65. The monoisotopic (exact) mass is 406 g/mol. The van der Waals surface area contributed by atoms with Crippen LogP contribution in [-0.2, 0) is 0 Å². The van der Waals surface area contributed by atoms with Crippen LogP contribution in [0.1, 0.15) is 87.2 Å². The van der Waals surface area contributed by atoms with Gasteiger partial charge < -0.3 is 0 Å². The number of alkyl halides is 6. The Morgan fingerprint density at radius 3 is 1.29 bits per heavy atom. The Morgan fingerprint density at radius 2 is 0.964 bits per heavy atom. The molecule has 0 radical (unpaired) electrons. The van der Waals surface area contributed by atoms with Crippen LogP contribution in [-0.4, -0.2) is 12.4 Å². The summed E-state index contributed by atoms with van der Waals surface area (Å²) in [7, 11) is 0. The van der Waals surface area contributed by atoms with Crippen molar-refractivity contribution in [2.45, 2.75) is 88.4 Å². The summed E-state index contributed by atoms with van der Waals surface area (Å²) in [5.41, 5.74) is 0.00363. The van der Waals surface area contributed by atoms with Crippen LogP contribution in [0.3, 0.4) is 0 Å². The number of rotatable bonds is 4. The van der Waals surface area contributed by atoms with Crippen molar-refractivity contribution < 1.29 is 26.3 Å². The molecule has 0 amide bonds. The number of halogens is 6. The van der Waals surface area contributed by atoms with E-state index in [0.29, 0.717) is 25.7 Å². The third-order valence-corrected chi connectivity index (χ3v) is 6.58. The van der Waals surface area contributed by atoms with E-state index in [4.69, 9.17) is 0 Å². The predicted molar refractivity (Wildman–Crippen MR) is 97.2 cm³/mol. The van der Waals surface area contributed by atoms with Gasteiger partial charge in [0.15, 0.2) is 0 Å². The van der Waals surface area contributed by atoms with Gasteiger partial charge in [-0.15, -0.1) is 0 Å². The summed E-state index contributed by atoms with van der Waals surface area (Å²) in [6, 6.07) is 5.32. The van der Waals surface area contributed by atoms with Crippen molar-refractivity contribution in [2.75, 3.05) is 0 Å². The van der Waals surface area contributed by atoms with Gasteiger partial charge in [-0.1, -0.05) is 62.8 Å². The maximum Gasteiger partial charge on any atom is 0.396 e. The van der Waals surface area contributed by atoms with Crippen molar-refractivity contribution in [3.8, 4) is 0 Å². The van der Waals surface area contributed by atoms with E-state index in [2.05, 4.69) is 0 Å². The van der Waals surface area contributed by atoms with Crippen LogP contribution in [0.2, 0.25) is 0 Å². The van der Waals surface area contributed by atoms with Crippen LogP contribution in [0, 0.1) is 11.8 Å². The van der Waals surface area contributed by atoms with E-state index in [-0.39, 0.29) is 11.1 Å². The lowest BCUT2D eigenvalue weighted by molar-refractivity contribution is -0.165. The lowest BCUT2D eigenvalue weighted by Crippen LogP contribution is -2.31. The maximum atomic E-state index is 13.9. The van der Waals surface area contributed by atoms with Crippen LogP contribution in [0.4, 0.5) is 26.3 Å². The zero-order valence-electron chi connectivity index (χ0n) is 16.0. The average molecular weight is 406 g/mol. The molecule has 1 aromatic rings. The molecule has 0 nitrogen and oxygen atoms in total. The lowest BCUT2D eigenvalue weighted by atomic mass is 9.73. The van der Waals surface area contributed by atoms with Crippen molar-refractivity contribution in [2.24, 2.45) is 11.8 Å². The number of hydrogen-bond donors (Lipinski definition) is 0. The van der Waals surface area contributed by atoms with E-state index in [9.17, 15) is 26.3 Å². The minimum Gasteiger partial charge on any atom is -0.170 e. The second kappa shape index (κ2) is 8.66. The first-order valence-corrected chi connectivity index (χ1v) is 10.4. The smallest absolute Gasteiger partial charge is 0.170 e. The SMILES string of the molecule is FC(F)(F)C(c1cccc(C(C2CCCCC2)C(F)(F)F)c1)C1CCCCC1. The average Bonchev–Trinajstić information content (AvgIpc) is 2.62. The maximum absolute atomic E-state index is 13.9. The molecule has 2 saturated carbocycles. The van der Waals surface area contributed by atoms with Gasteiger partial charge in [0.2, 0.25) is 0 Å². The molecule has 0 aromatic heterocycles. The minimum atomic E-state index is -4.45. The van der Waals surface area contributed by atoms with E-state index >= 15 is 0 Å². The fourth-order valence-electron chi connectivity index (χ4n) is 5.34. The highest BCUT2D eigenvalue weighted by atomic mass is 19.4. The number of hydrogen-bond acceptors (Lipinski definition) is 0. The normalized spacial score (nSPS) is 22.8. The summed E-state index contributed by atoms with van der Waals surface area (Å²) >= 11 is 0. The van der Waals surface area contributed by atoms with Gasteiger partial charge in [-0.25, -0.2) is 0 Å². The first kappa shape index (κ1) is 21.5. The molecule has 2 aliphatic carbocycles. The summed E-state index contributed by atoms with van der Waals surface area (Å²) in [6.45, 7) is 0. The molecule has 2 atom stereocenters. The molecule has 0 bridgehead atoms. The van der Waals surface area contributed by atoms with Crippen LogP contribution in [0.5, 0.6) is 0 Å². The van der Waals surface area contributed by atoms with Gasteiger partial charge in [0.05, 0.1) is 11.8 Å². The summed E-state index contributed by atoms with van der Waals surface area (Å²) in [5, 5.41) is 0. The molecule has 2 unspecified atom stereocenters. The van der Waals surface area contributed by atoms with Gasteiger partial charge >= 0.3 is 12.4 Å². The van der Waals surface area contributed by atoms with Gasteiger partial charge in [-0.05, 0) is 48.6 Å². The molecule has 0 heterocycles. The molecular formula is C22H28F6. The highest BCUT2D eigenvalue weighted by Crippen LogP contribution is 2.49. The van der Waals surface area contributed by atoms with Gasteiger partial charge in [0.25, 0.3) is 0 Å². The molecule has 2 fully saturated rings. The van der Waals surface area contributed by atoms with Gasteiger partial charge in [-0.2, -0.15) is 26.3 Å². The highest BCUT2D eigenvalue weighted by molar-refractivity contribution is 5.32. The van der Waals surface area contributed by atoms with Crippen molar-refractivity contribution in [1.82, 2.24) is 0 Å². The van der Waals surface area contributed by atoms with Gasteiger partial charge in [0, 0.05) is 0 Å². The Morgan fingerprint density at radius 1 is 0.607 bits per heavy atom. The fraction of sp³-hybridized carbons (Fsp3) is 0.727. The van der Waals surface area contributed by atoms with Crippen molar-refractivity contribution in [3.63, 3.8) is 0 Å². The summed E-state index contributed by atoms with van der Waals surface area (Å²) in [5.74, 6) is -4.42. The Labute approximate surface area is 162 Å². The molecule has 158 valence electrons. The van der Waals surface area contributed by atoms with E-state index in [0.717, 1.165) is 38.5 Å². The van der Waals surface area contributed by atoms with Crippen LogP contribution < -0.4 is 0 Å². The van der Waals surface area contributed by atoms with E-state index in [1.165, 1.54) is 24.3 Å². The van der Waals surface area contributed by atoms with Crippen molar-refractivity contribution >= 4 is 0 Å². The molecule has 0 spiro atoms. The third kappa shape index (κ3) is 5.04. The second-order valence-corrected chi connectivity index (χ2v) is 8.50. The van der Waals surface area contributed by atoms with E-state index in [1.54, 1.807) is 0 Å². The molecular weight excluding hydrogens is 378 g/mol. The Balaban J connectivity index is 1.95. The zero-order valence-corrected chi connectivity index (χ0v) is 16.0. The Hall–Kier alpha value is -1.20. The topological polar surface area (TPSA) is 0 Å². The quantitative estimate of drug-likeness (QED) is 0.443. The second-order valence-electron chi connectivity index (χ2n) is 8.50. The predicted octanol–water partition coefficient (Wildman–Crippen LogP) is 8.14. The Bertz CT molecular complexity index is 569. The van der Waals surface area contributed by atoms with E-state index < -0.39 is 36.0 Å². The van der Waals surface area contributed by atoms with Gasteiger partial charge in [-0.3, -0.25) is 0 Å². The van der Waals surface area contributed by atoms with Crippen molar-refractivity contribution in [1.29, 1.82) is 0 Å². The van der Waals surface area contributed by atoms with E-state index in [1.807, 2.05) is 0 Å². The fourth-order valence-corrected chi connectivity index (χ4v) is 5.34. The molecule has 28 heavy (non-hydrogen) atoms. The highest BCUT2D eigenvalue weighted by Gasteiger charge is 2.48. The summed E-state index contributed by atoms with van der Waals surface area (Å²) in [4.78, 5) is 0. The van der Waals surface area contributed by atoms with Crippen LogP contribution >= 0.6 is 0 Å². The summed E-state index contributed by atoms with van der Waals surface area (Å²) < 4.78 is 83.3.